The molecule has 0 spiro atoms. The van der Waals surface area contributed by atoms with E-state index in [1.807, 2.05) is 0 Å². The third kappa shape index (κ3) is 4.09. The molecule has 0 N–H and O–H groups in total. The van der Waals surface area contributed by atoms with Gasteiger partial charge in [-0.1, -0.05) is 17.3 Å². The van der Waals surface area contributed by atoms with Crippen molar-refractivity contribution in [2.24, 2.45) is 5.92 Å². The summed E-state index contributed by atoms with van der Waals surface area (Å²) >= 11 is 0. The van der Waals surface area contributed by atoms with E-state index in [-0.39, 0.29) is 17.3 Å². The maximum absolute atomic E-state index is 13.9. The van der Waals surface area contributed by atoms with E-state index in [9.17, 15) is 12.8 Å². The molecule has 28 heavy (non-hydrogen) atoms. The van der Waals surface area contributed by atoms with Crippen LogP contribution in [-0.4, -0.2) is 66.6 Å². The van der Waals surface area contributed by atoms with Gasteiger partial charge < -0.3 is 9.26 Å². The van der Waals surface area contributed by atoms with Crippen LogP contribution in [0, 0.1) is 11.7 Å². The van der Waals surface area contributed by atoms with Crippen molar-refractivity contribution in [1.29, 1.82) is 0 Å². The summed E-state index contributed by atoms with van der Waals surface area (Å²) in [7, 11) is -3.48. The standard InChI is InChI=1S/C18H23FN4O4S/c19-16-6-2-1-5-15(16)18-20-17(27-21-18)12-14-4-3-7-23(13-14)28(24,25)22-8-10-26-11-9-22/h1-2,5-6,14H,3-4,7-13H2/t14-/m1/s1. The number of piperidine rings is 1. The normalized spacial score (nSPS) is 22.4. The van der Waals surface area contributed by atoms with Crippen LogP contribution in [-0.2, 0) is 21.4 Å². The maximum atomic E-state index is 13.9. The topological polar surface area (TPSA) is 88.8 Å². The molecule has 0 amide bonds. The molecule has 0 unspecified atom stereocenters. The first-order valence-electron chi connectivity index (χ1n) is 9.44. The Morgan fingerprint density at radius 3 is 2.71 bits per heavy atom. The van der Waals surface area contributed by atoms with E-state index in [1.165, 1.54) is 10.4 Å². The summed E-state index contributed by atoms with van der Waals surface area (Å²) in [5.41, 5.74) is 0.290. The van der Waals surface area contributed by atoms with E-state index in [2.05, 4.69) is 10.1 Å². The van der Waals surface area contributed by atoms with E-state index in [4.69, 9.17) is 9.26 Å². The fraction of sp³-hybridized carbons (Fsp3) is 0.556. The number of benzene rings is 1. The minimum atomic E-state index is -3.48. The Bertz CT molecular complexity index is 914. The third-order valence-corrected chi connectivity index (χ3v) is 7.15. The fourth-order valence-electron chi connectivity index (χ4n) is 3.68. The Kier molecular flexibility index (Phi) is 5.72. The second-order valence-corrected chi connectivity index (χ2v) is 9.01. The minimum absolute atomic E-state index is 0.0819. The summed E-state index contributed by atoms with van der Waals surface area (Å²) in [6.07, 6.45) is 2.13. The molecule has 2 aliphatic rings. The van der Waals surface area contributed by atoms with Gasteiger partial charge in [0, 0.05) is 32.6 Å². The Balaban J connectivity index is 1.42. The number of morpholine rings is 1. The lowest BCUT2D eigenvalue weighted by Gasteiger charge is -2.36. The highest BCUT2D eigenvalue weighted by Gasteiger charge is 2.35. The first-order chi connectivity index (χ1) is 13.5. The average molecular weight is 410 g/mol. The zero-order chi connectivity index (χ0) is 19.6. The lowest BCUT2D eigenvalue weighted by molar-refractivity contribution is 0.0690. The molecule has 0 bridgehead atoms. The molecule has 152 valence electrons. The molecule has 2 saturated heterocycles. The molecule has 2 fully saturated rings. The van der Waals surface area contributed by atoms with Crippen molar-refractivity contribution in [3.63, 3.8) is 0 Å². The van der Waals surface area contributed by atoms with Crippen LogP contribution in [0.1, 0.15) is 18.7 Å². The van der Waals surface area contributed by atoms with Gasteiger partial charge in [-0.3, -0.25) is 0 Å². The second kappa shape index (κ2) is 8.24. The average Bonchev–Trinajstić information content (AvgIpc) is 3.17. The molecule has 1 aromatic carbocycles. The molecule has 0 saturated carbocycles. The van der Waals surface area contributed by atoms with Gasteiger partial charge in [-0.05, 0) is 30.9 Å². The highest BCUT2D eigenvalue weighted by atomic mass is 32.2. The summed E-state index contributed by atoms with van der Waals surface area (Å²) in [6.45, 7) is 2.56. The molecule has 1 aromatic heterocycles. The van der Waals surface area contributed by atoms with E-state index in [0.29, 0.717) is 51.7 Å². The van der Waals surface area contributed by atoms with Crippen molar-refractivity contribution in [2.45, 2.75) is 19.3 Å². The summed E-state index contributed by atoms with van der Waals surface area (Å²) in [6, 6.07) is 6.26. The Hall–Kier alpha value is -1.88. The third-order valence-electron chi connectivity index (χ3n) is 5.15. The van der Waals surface area contributed by atoms with Crippen LogP contribution in [0.15, 0.2) is 28.8 Å². The number of hydrogen-bond donors (Lipinski definition) is 0. The molecular weight excluding hydrogens is 387 g/mol. The van der Waals surface area contributed by atoms with Crippen molar-refractivity contribution in [1.82, 2.24) is 18.8 Å². The number of hydrogen-bond acceptors (Lipinski definition) is 6. The SMILES string of the molecule is O=S(=O)(N1CCOCC1)N1CCC[C@H](Cc2nc(-c3ccccc3F)no2)C1. The van der Waals surface area contributed by atoms with Gasteiger partial charge in [-0.15, -0.1) is 0 Å². The minimum Gasteiger partial charge on any atom is -0.379 e. The molecule has 2 aromatic rings. The molecule has 0 radical (unpaired) electrons. The van der Waals surface area contributed by atoms with Gasteiger partial charge in [-0.2, -0.15) is 22.0 Å². The van der Waals surface area contributed by atoms with Gasteiger partial charge in [0.2, 0.25) is 11.7 Å². The molecule has 10 heteroatoms. The van der Waals surface area contributed by atoms with Crippen molar-refractivity contribution in [3.8, 4) is 11.4 Å². The first-order valence-corrected chi connectivity index (χ1v) is 10.8. The lowest BCUT2D eigenvalue weighted by Crippen LogP contribution is -2.51. The molecule has 2 aliphatic heterocycles. The number of ether oxygens (including phenoxy) is 1. The summed E-state index contributed by atoms with van der Waals surface area (Å²) in [5, 5.41) is 3.87. The van der Waals surface area contributed by atoms with Crippen LogP contribution >= 0.6 is 0 Å². The predicted molar refractivity (Wildman–Crippen MR) is 99.0 cm³/mol. The maximum Gasteiger partial charge on any atom is 0.282 e. The van der Waals surface area contributed by atoms with Gasteiger partial charge >= 0.3 is 0 Å². The molecule has 1 atom stereocenters. The van der Waals surface area contributed by atoms with Crippen molar-refractivity contribution < 1.29 is 22.1 Å². The van der Waals surface area contributed by atoms with E-state index in [1.54, 1.807) is 22.5 Å². The summed E-state index contributed by atoms with van der Waals surface area (Å²) in [5.74, 6) is 0.282. The Labute approximate surface area is 163 Å². The number of nitrogens with zero attached hydrogens (tertiary/aromatic N) is 4. The van der Waals surface area contributed by atoms with E-state index >= 15 is 0 Å². The van der Waals surface area contributed by atoms with Crippen LogP contribution in [0.5, 0.6) is 0 Å². The van der Waals surface area contributed by atoms with Crippen LogP contribution in [0.2, 0.25) is 0 Å². The van der Waals surface area contributed by atoms with E-state index in [0.717, 1.165) is 12.8 Å². The predicted octanol–water partition coefficient (Wildman–Crippen LogP) is 1.71. The van der Waals surface area contributed by atoms with Crippen molar-refractivity contribution >= 4 is 10.2 Å². The Morgan fingerprint density at radius 1 is 1.14 bits per heavy atom. The Morgan fingerprint density at radius 2 is 1.93 bits per heavy atom. The zero-order valence-corrected chi connectivity index (χ0v) is 16.3. The van der Waals surface area contributed by atoms with Crippen LogP contribution in [0.25, 0.3) is 11.4 Å². The smallest absolute Gasteiger partial charge is 0.282 e. The summed E-state index contributed by atoms with van der Waals surface area (Å²) in [4.78, 5) is 4.30. The second-order valence-electron chi connectivity index (χ2n) is 7.08. The van der Waals surface area contributed by atoms with Gasteiger partial charge in [0.1, 0.15) is 5.82 Å². The molecule has 3 heterocycles. The zero-order valence-electron chi connectivity index (χ0n) is 15.5. The first kappa shape index (κ1) is 19.4. The fourth-order valence-corrected chi connectivity index (χ4v) is 5.38. The largest absolute Gasteiger partial charge is 0.379 e. The van der Waals surface area contributed by atoms with Crippen LogP contribution < -0.4 is 0 Å². The quantitative estimate of drug-likeness (QED) is 0.746. The van der Waals surface area contributed by atoms with Gasteiger partial charge in [0.25, 0.3) is 10.2 Å². The lowest BCUT2D eigenvalue weighted by atomic mass is 9.96. The van der Waals surface area contributed by atoms with Gasteiger partial charge in [0.15, 0.2) is 0 Å². The van der Waals surface area contributed by atoms with Crippen LogP contribution in [0.3, 0.4) is 0 Å². The number of halogens is 1. The van der Waals surface area contributed by atoms with Crippen molar-refractivity contribution in [3.05, 3.63) is 36.0 Å². The molecule has 0 aliphatic carbocycles. The summed E-state index contributed by atoms with van der Waals surface area (Å²) < 4.78 is 53.2. The number of rotatable bonds is 5. The molecule has 8 nitrogen and oxygen atoms in total. The van der Waals surface area contributed by atoms with Gasteiger partial charge in [-0.25, -0.2) is 4.39 Å². The highest BCUT2D eigenvalue weighted by Crippen LogP contribution is 2.25. The van der Waals surface area contributed by atoms with Crippen molar-refractivity contribution in [2.75, 3.05) is 39.4 Å². The van der Waals surface area contributed by atoms with Crippen LogP contribution in [0.4, 0.5) is 4.39 Å². The highest BCUT2D eigenvalue weighted by molar-refractivity contribution is 7.86. The van der Waals surface area contributed by atoms with E-state index < -0.39 is 16.0 Å². The molecule has 4 rings (SSSR count). The van der Waals surface area contributed by atoms with Gasteiger partial charge in [0.05, 0.1) is 18.8 Å². The monoisotopic (exact) mass is 410 g/mol. The molecular formula is C18H23FN4O4S. The number of aromatic nitrogens is 2.